The summed E-state index contributed by atoms with van der Waals surface area (Å²) >= 11 is 0. The van der Waals surface area contributed by atoms with Gasteiger partial charge in [-0.05, 0) is 25.5 Å². The lowest BCUT2D eigenvalue weighted by Crippen LogP contribution is -2.11. The van der Waals surface area contributed by atoms with Gasteiger partial charge in [0.05, 0.1) is 11.1 Å². The van der Waals surface area contributed by atoms with Crippen molar-refractivity contribution in [2.45, 2.75) is 20.0 Å². The van der Waals surface area contributed by atoms with Crippen molar-refractivity contribution in [3.63, 3.8) is 0 Å². The Hall–Kier alpha value is -1.83. The number of carbonyl (C=O) groups excluding carboxylic acids is 1. The predicted molar refractivity (Wildman–Crippen MR) is 50.9 cm³/mol. The predicted octanol–water partition coefficient (Wildman–Crippen LogP) is 3.09. The molecule has 0 radical (unpaired) electrons. The number of rotatable bonds is 1. The van der Waals surface area contributed by atoms with Gasteiger partial charge in [0.2, 0.25) is 0 Å². The fourth-order valence-electron chi connectivity index (χ4n) is 1.47. The maximum Gasteiger partial charge on any atom is 0.417 e. The zero-order chi connectivity index (χ0) is 12.5. The average Bonchev–Trinajstić information content (AvgIpc) is 2.15. The summed E-state index contributed by atoms with van der Waals surface area (Å²) in [5.74, 6) is -0.359. The van der Waals surface area contributed by atoms with Crippen LogP contribution >= 0.6 is 0 Å². The van der Waals surface area contributed by atoms with Crippen molar-refractivity contribution in [2.75, 3.05) is 0 Å². The van der Waals surface area contributed by atoms with Gasteiger partial charge in [0.1, 0.15) is 6.07 Å². The Labute approximate surface area is 90.3 Å². The quantitative estimate of drug-likeness (QED) is 0.691. The van der Waals surface area contributed by atoms with E-state index in [2.05, 4.69) is 0 Å². The standard InChI is InChI=1S/C11H8F3NO/c1-6-8(7(2)16)3-4-10(9(6)5-15)11(12,13)14/h3-4H,1-2H3. The van der Waals surface area contributed by atoms with E-state index in [0.717, 1.165) is 12.1 Å². The summed E-state index contributed by atoms with van der Waals surface area (Å²) in [4.78, 5) is 11.1. The SMILES string of the molecule is CC(=O)c1ccc(C(F)(F)F)c(C#N)c1C. The van der Waals surface area contributed by atoms with Crippen molar-refractivity contribution < 1.29 is 18.0 Å². The molecule has 2 nitrogen and oxygen atoms in total. The van der Waals surface area contributed by atoms with Gasteiger partial charge in [-0.1, -0.05) is 6.07 Å². The first-order valence-electron chi connectivity index (χ1n) is 4.41. The van der Waals surface area contributed by atoms with Crippen LogP contribution in [0.3, 0.4) is 0 Å². The van der Waals surface area contributed by atoms with E-state index in [4.69, 9.17) is 5.26 Å². The third-order valence-electron chi connectivity index (χ3n) is 2.26. The molecular formula is C11H8F3NO. The lowest BCUT2D eigenvalue weighted by Gasteiger charge is -2.12. The highest BCUT2D eigenvalue weighted by Gasteiger charge is 2.34. The summed E-state index contributed by atoms with van der Waals surface area (Å²) in [5.41, 5.74) is -1.27. The molecule has 0 aromatic heterocycles. The second-order valence-corrected chi connectivity index (χ2v) is 3.33. The molecule has 1 aromatic rings. The van der Waals surface area contributed by atoms with Gasteiger partial charge in [0.15, 0.2) is 5.78 Å². The molecule has 0 bridgehead atoms. The van der Waals surface area contributed by atoms with Gasteiger partial charge in [-0.15, -0.1) is 0 Å². The molecule has 5 heteroatoms. The van der Waals surface area contributed by atoms with E-state index in [1.807, 2.05) is 0 Å². The molecule has 0 fully saturated rings. The van der Waals surface area contributed by atoms with Gasteiger partial charge in [-0.25, -0.2) is 0 Å². The maximum absolute atomic E-state index is 12.5. The second-order valence-electron chi connectivity index (χ2n) is 3.33. The first kappa shape index (κ1) is 12.2. The van der Waals surface area contributed by atoms with Crippen molar-refractivity contribution in [1.29, 1.82) is 5.26 Å². The average molecular weight is 227 g/mol. The summed E-state index contributed by atoms with van der Waals surface area (Å²) in [6.45, 7) is 2.58. The highest BCUT2D eigenvalue weighted by Crippen LogP contribution is 2.34. The van der Waals surface area contributed by atoms with Crippen molar-refractivity contribution in [3.8, 4) is 6.07 Å². The van der Waals surface area contributed by atoms with Crippen LogP contribution in [-0.4, -0.2) is 5.78 Å². The fraction of sp³-hybridized carbons (Fsp3) is 0.273. The van der Waals surface area contributed by atoms with E-state index in [1.165, 1.54) is 19.9 Å². The van der Waals surface area contributed by atoms with Gasteiger partial charge < -0.3 is 0 Å². The number of hydrogen-bond acceptors (Lipinski definition) is 2. The Morgan fingerprint density at radius 1 is 1.38 bits per heavy atom. The molecule has 0 unspecified atom stereocenters. The zero-order valence-electron chi connectivity index (χ0n) is 8.64. The number of Topliss-reactive ketones (excluding diaryl/α,β-unsaturated/α-hetero) is 1. The Bertz CT molecular complexity index is 483. The van der Waals surface area contributed by atoms with Gasteiger partial charge in [0.25, 0.3) is 0 Å². The highest BCUT2D eigenvalue weighted by atomic mass is 19.4. The molecule has 0 N–H and O–H groups in total. The van der Waals surface area contributed by atoms with Crippen molar-refractivity contribution >= 4 is 5.78 Å². The molecular weight excluding hydrogens is 219 g/mol. The number of hydrogen-bond donors (Lipinski definition) is 0. The number of carbonyl (C=O) groups is 1. The number of benzene rings is 1. The molecule has 0 saturated carbocycles. The summed E-state index contributed by atoms with van der Waals surface area (Å²) in [6, 6.07) is 3.36. The maximum atomic E-state index is 12.5. The summed E-state index contributed by atoms with van der Waals surface area (Å²) in [6.07, 6.45) is -4.58. The van der Waals surface area contributed by atoms with E-state index in [0.29, 0.717) is 0 Å². The number of halogens is 3. The van der Waals surface area contributed by atoms with Gasteiger partial charge in [0, 0.05) is 5.56 Å². The van der Waals surface area contributed by atoms with Gasteiger partial charge in [-0.3, -0.25) is 4.79 Å². The topological polar surface area (TPSA) is 40.9 Å². The highest BCUT2D eigenvalue weighted by molar-refractivity contribution is 5.96. The largest absolute Gasteiger partial charge is 0.417 e. The minimum atomic E-state index is -4.58. The molecule has 0 spiro atoms. The molecule has 84 valence electrons. The normalized spacial score (nSPS) is 11.0. The van der Waals surface area contributed by atoms with E-state index in [1.54, 1.807) is 0 Å². The van der Waals surface area contributed by atoms with Crippen molar-refractivity contribution in [1.82, 2.24) is 0 Å². The smallest absolute Gasteiger partial charge is 0.295 e. The Morgan fingerprint density at radius 3 is 2.31 bits per heavy atom. The molecule has 16 heavy (non-hydrogen) atoms. The Balaban J connectivity index is 3.56. The molecule has 0 aliphatic heterocycles. The monoisotopic (exact) mass is 227 g/mol. The van der Waals surface area contributed by atoms with E-state index in [-0.39, 0.29) is 16.9 Å². The molecule has 0 heterocycles. The van der Waals surface area contributed by atoms with Crippen molar-refractivity contribution in [3.05, 3.63) is 34.4 Å². The minimum Gasteiger partial charge on any atom is -0.295 e. The van der Waals surface area contributed by atoms with Crippen LogP contribution in [0.1, 0.15) is 34.0 Å². The van der Waals surface area contributed by atoms with Crippen LogP contribution in [-0.2, 0) is 6.18 Å². The van der Waals surface area contributed by atoms with Crippen LogP contribution < -0.4 is 0 Å². The molecule has 0 aliphatic rings. The molecule has 0 atom stereocenters. The summed E-state index contributed by atoms with van der Waals surface area (Å²) in [5, 5.41) is 8.71. The summed E-state index contributed by atoms with van der Waals surface area (Å²) < 4.78 is 37.5. The Kier molecular flexibility index (Phi) is 3.04. The molecule has 0 saturated heterocycles. The van der Waals surface area contributed by atoms with E-state index >= 15 is 0 Å². The molecule has 0 amide bonds. The van der Waals surface area contributed by atoms with E-state index in [9.17, 15) is 18.0 Å². The van der Waals surface area contributed by atoms with Gasteiger partial charge in [-0.2, -0.15) is 18.4 Å². The van der Waals surface area contributed by atoms with Crippen molar-refractivity contribution in [2.24, 2.45) is 0 Å². The molecule has 1 aromatic carbocycles. The van der Waals surface area contributed by atoms with Crippen LogP contribution in [0.2, 0.25) is 0 Å². The zero-order valence-corrected chi connectivity index (χ0v) is 8.64. The van der Waals surface area contributed by atoms with Crippen LogP contribution in [0.25, 0.3) is 0 Å². The number of ketones is 1. The van der Waals surface area contributed by atoms with Crippen LogP contribution in [0.15, 0.2) is 12.1 Å². The lowest BCUT2D eigenvalue weighted by molar-refractivity contribution is -0.137. The number of nitriles is 1. The minimum absolute atomic E-state index is 0.0739. The van der Waals surface area contributed by atoms with E-state index < -0.39 is 17.3 Å². The second kappa shape index (κ2) is 3.97. The van der Waals surface area contributed by atoms with Crippen LogP contribution in [0, 0.1) is 18.3 Å². The first-order valence-corrected chi connectivity index (χ1v) is 4.41. The molecule has 0 aliphatic carbocycles. The Morgan fingerprint density at radius 2 is 1.94 bits per heavy atom. The molecule has 1 rings (SSSR count). The first-order chi connectivity index (χ1) is 7.29. The lowest BCUT2D eigenvalue weighted by atomic mass is 9.95. The number of nitrogens with zero attached hydrogens (tertiary/aromatic N) is 1. The fourth-order valence-corrected chi connectivity index (χ4v) is 1.47. The third-order valence-corrected chi connectivity index (χ3v) is 2.26. The van der Waals surface area contributed by atoms with Crippen LogP contribution in [0.4, 0.5) is 13.2 Å². The summed E-state index contributed by atoms with van der Waals surface area (Å²) in [7, 11) is 0. The number of alkyl halides is 3. The van der Waals surface area contributed by atoms with Crippen LogP contribution in [0.5, 0.6) is 0 Å². The van der Waals surface area contributed by atoms with Gasteiger partial charge >= 0.3 is 6.18 Å². The third kappa shape index (κ3) is 2.06.